The molecular weight excluding hydrogens is 257 g/mol. The average Bonchev–Trinajstić information content (AvgIpc) is 2.82. The topological polar surface area (TPSA) is 45.4 Å². The molecule has 0 radical (unpaired) electrons. The van der Waals surface area contributed by atoms with Gasteiger partial charge in [-0.15, -0.1) is 0 Å². The molecule has 0 aliphatic heterocycles. The predicted molar refractivity (Wildman–Crippen MR) is 67.9 cm³/mol. The Labute approximate surface area is 109 Å². The van der Waals surface area contributed by atoms with E-state index < -0.39 is 5.82 Å². The molecule has 0 amide bonds. The van der Waals surface area contributed by atoms with E-state index in [1.165, 1.54) is 12.1 Å². The second kappa shape index (κ2) is 6.00. The van der Waals surface area contributed by atoms with Crippen molar-refractivity contribution in [2.45, 2.75) is 6.54 Å². The van der Waals surface area contributed by atoms with Crippen LogP contribution in [-0.4, -0.2) is 18.3 Å². The van der Waals surface area contributed by atoms with Gasteiger partial charge in [0.2, 0.25) is 0 Å². The van der Waals surface area contributed by atoms with E-state index in [9.17, 15) is 4.39 Å². The van der Waals surface area contributed by atoms with E-state index in [1.807, 2.05) is 6.07 Å². The lowest BCUT2D eigenvalue weighted by molar-refractivity contribution is 0.290. The summed E-state index contributed by atoms with van der Waals surface area (Å²) >= 11 is 5.72. The molecule has 96 valence electrons. The molecule has 0 aliphatic carbocycles. The smallest absolute Gasteiger partial charge is 0.141 e. The zero-order valence-electron chi connectivity index (χ0n) is 9.62. The van der Waals surface area contributed by atoms with Crippen LogP contribution >= 0.6 is 11.6 Å². The minimum absolute atomic E-state index is 0.0730. The molecule has 0 saturated heterocycles. The van der Waals surface area contributed by atoms with E-state index in [0.29, 0.717) is 18.8 Å². The van der Waals surface area contributed by atoms with Gasteiger partial charge in [-0.05, 0) is 30.3 Å². The minimum atomic E-state index is -0.447. The molecule has 0 bridgehead atoms. The molecule has 0 unspecified atom stereocenters. The molecule has 0 saturated carbocycles. The van der Waals surface area contributed by atoms with Crippen molar-refractivity contribution in [3.63, 3.8) is 0 Å². The Morgan fingerprint density at radius 2 is 2.11 bits per heavy atom. The lowest BCUT2D eigenvalue weighted by Gasteiger charge is -2.00. The van der Waals surface area contributed by atoms with Crippen molar-refractivity contribution >= 4 is 11.6 Å². The fourth-order valence-corrected chi connectivity index (χ4v) is 1.75. The molecule has 0 aliphatic rings. The molecular formula is C13H13ClFNO2. The van der Waals surface area contributed by atoms with E-state index in [2.05, 4.69) is 5.32 Å². The first-order valence-electron chi connectivity index (χ1n) is 5.56. The van der Waals surface area contributed by atoms with Crippen molar-refractivity contribution in [1.82, 2.24) is 5.32 Å². The Kier molecular flexibility index (Phi) is 4.36. The highest BCUT2D eigenvalue weighted by Crippen LogP contribution is 2.26. The van der Waals surface area contributed by atoms with Crippen molar-refractivity contribution in [3.05, 3.63) is 46.9 Å². The average molecular weight is 270 g/mol. The summed E-state index contributed by atoms with van der Waals surface area (Å²) in [5, 5.41) is 11.7. The maximum absolute atomic E-state index is 13.0. The summed E-state index contributed by atoms with van der Waals surface area (Å²) in [4.78, 5) is 0. The highest BCUT2D eigenvalue weighted by molar-refractivity contribution is 6.31. The van der Waals surface area contributed by atoms with E-state index >= 15 is 0 Å². The van der Waals surface area contributed by atoms with Crippen LogP contribution in [0.1, 0.15) is 5.76 Å². The van der Waals surface area contributed by atoms with Crippen LogP contribution < -0.4 is 5.32 Å². The highest BCUT2D eigenvalue weighted by Gasteiger charge is 2.07. The second-order valence-corrected chi connectivity index (χ2v) is 4.20. The Morgan fingerprint density at radius 1 is 1.28 bits per heavy atom. The lowest BCUT2D eigenvalue weighted by Crippen LogP contribution is -2.16. The first-order chi connectivity index (χ1) is 8.70. The van der Waals surface area contributed by atoms with Crippen molar-refractivity contribution in [2.24, 2.45) is 0 Å². The van der Waals surface area contributed by atoms with Gasteiger partial charge in [0.1, 0.15) is 17.3 Å². The van der Waals surface area contributed by atoms with E-state index in [0.717, 1.165) is 11.3 Å². The van der Waals surface area contributed by atoms with E-state index in [4.69, 9.17) is 21.1 Å². The minimum Gasteiger partial charge on any atom is -0.460 e. The number of rotatable bonds is 5. The number of halogens is 2. The van der Waals surface area contributed by atoms with Gasteiger partial charge in [0, 0.05) is 12.1 Å². The summed E-state index contributed by atoms with van der Waals surface area (Å²) in [5.74, 6) is 0.938. The number of aliphatic hydroxyl groups excluding tert-OH is 1. The van der Waals surface area contributed by atoms with Crippen LogP contribution in [0.15, 0.2) is 34.7 Å². The van der Waals surface area contributed by atoms with Crippen LogP contribution in [0.4, 0.5) is 4.39 Å². The fraction of sp³-hybridized carbons (Fsp3) is 0.231. The Hall–Kier alpha value is -1.36. The molecule has 3 nitrogen and oxygen atoms in total. The number of hydrogen-bond acceptors (Lipinski definition) is 3. The second-order valence-electron chi connectivity index (χ2n) is 3.80. The summed E-state index contributed by atoms with van der Waals surface area (Å²) in [6.07, 6.45) is 0. The van der Waals surface area contributed by atoms with Gasteiger partial charge in [-0.1, -0.05) is 11.6 Å². The van der Waals surface area contributed by atoms with Crippen molar-refractivity contribution in [2.75, 3.05) is 13.2 Å². The van der Waals surface area contributed by atoms with Gasteiger partial charge in [0.25, 0.3) is 0 Å². The molecule has 2 rings (SSSR count). The molecule has 0 spiro atoms. The summed E-state index contributed by atoms with van der Waals surface area (Å²) in [7, 11) is 0. The molecule has 1 aromatic carbocycles. The van der Waals surface area contributed by atoms with Gasteiger partial charge in [0.15, 0.2) is 0 Å². The third-order valence-corrected chi connectivity index (χ3v) is 2.74. The number of hydrogen-bond donors (Lipinski definition) is 2. The quantitative estimate of drug-likeness (QED) is 0.821. The number of nitrogens with one attached hydrogen (secondary N) is 1. The molecule has 1 heterocycles. The van der Waals surface area contributed by atoms with Crippen LogP contribution in [0, 0.1) is 5.82 Å². The standard InChI is InChI=1S/C13H13ClFNO2/c14-11-7-9(1-3-12(11)15)13-4-2-10(18-13)8-16-5-6-17/h1-4,7,16-17H,5-6,8H2. The van der Waals surface area contributed by atoms with Gasteiger partial charge < -0.3 is 14.8 Å². The van der Waals surface area contributed by atoms with Crippen LogP contribution in [0.2, 0.25) is 5.02 Å². The van der Waals surface area contributed by atoms with Crippen LogP contribution in [0.3, 0.4) is 0 Å². The summed E-state index contributed by atoms with van der Waals surface area (Å²) in [6.45, 7) is 1.13. The summed E-state index contributed by atoms with van der Waals surface area (Å²) < 4.78 is 18.6. The normalized spacial score (nSPS) is 10.8. The molecule has 0 atom stereocenters. The van der Waals surface area contributed by atoms with Crippen molar-refractivity contribution in [1.29, 1.82) is 0 Å². The molecule has 2 aromatic rings. The summed E-state index contributed by atoms with van der Waals surface area (Å²) in [6, 6.07) is 8.09. The van der Waals surface area contributed by atoms with Gasteiger partial charge >= 0.3 is 0 Å². The number of aliphatic hydroxyl groups is 1. The largest absolute Gasteiger partial charge is 0.460 e. The van der Waals surface area contributed by atoms with Gasteiger partial charge in [-0.2, -0.15) is 0 Å². The van der Waals surface area contributed by atoms with Crippen LogP contribution in [0.5, 0.6) is 0 Å². The fourth-order valence-electron chi connectivity index (χ4n) is 1.57. The molecule has 1 aromatic heterocycles. The molecule has 0 fully saturated rings. The molecule has 5 heteroatoms. The maximum atomic E-state index is 13.0. The predicted octanol–water partition coefficient (Wildman–Crippen LogP) is 2.82. The van der Waals surface area contributed by atoms with Gasteiger partial charge in [-0.25, -0.2) is 4.39 Å². The lowest BCUT2D eigenvalue weighted by atomic mass is 10.2. The first kappa shape index (κ1) is 13.1. The van der Waals surface area contributed by atoms with E-state index in [-0.39, 0.29) is 11.6 Å². The monoisotopic (exact) mass is 269 g/mol. The van der Waals surface area contributed by atoms with Crippen molar-refractivity contribution < 1.29 is 13.9 Å². The van der Waals surface area contributed by atoms with Crippen LogP contribution in [-0.2, 0) is 6.54 Å². The molecule has 18 heavy (non-hydrogen) atoms. The summed E-state index contributed by atoms with van der Waals surface area (Å²) in [5.41, 5.74) is 0.731. The molecule has 2 N–H and O–H groups in total. The van der Waals surface area contributed by atoms with Crippen molar-refractivity contribution in [3.8, 4) is 11.3 Å². The van der Waals surface area contributed by atoms with E-state index in [1.54, 1.807) is 12.1 Å². The Bertz CT molecular complexity index is 527. The zero-order valence-corrected chi connectivity index (χ0v) is 10.4. The zero-order chi connectivity index (χ0) is 13.0. The Morgan fingerprint density at radius 3 is 2.83 bits per heavy atom. The third-order valence-electron chi connectivity index (χ3n) is 2.45. The number of furan rings is 1. The first-order valence-corrected chi connectivity index (χ1v) is 5.94. The van der Waals surface area contributed by atoms with Gasteiger partial charge in [-0.3, -0.25) is 0 Å². The Balaban J connectivity index is 2.11. The third kappa shape index (κ3) is 3.10. The maximum Gasteiger partial charge on any atom is 0.141 e. The SMILES string of the molecule is OCCNCc1ccc(-c2ccc(F)c(Cl)c2)o1. The van der Waals surface area contributed by atoms with Gasteiger partial charge in [0.05, 0.1) is 18.2 Å². The number of benzene rings is 1. The highest BCUT2D eigenvalue weighted by atomic mass is 35.5. The van der Waals surface area contributed by atoms with Crippen LogP contribution in [0.25, 0.3) is 11.3 Å².